The maximum absolute atomic E-state index is 13.9. The first kappa shape index (κ1) is 25.0. The molecular formula is C29H30FN7O2. The number of hydrogen-bond acceptors (Lipinski definition) is 7. The number of halogens is 1. The van der Waals surface area contributed by atoms with Gasteiger partial charge in [0.05, 0.1) is 18.2 Å². The number of amides is 1. The van der Waals surface area contributed by atoms with Gasteiger partial charge in [0.1, 0.15) is 11.6 Å². The summed E-state index contributed by atoms with van der Waals surface area (Å²) in [5, 5.41) is 14.4. The second-order valence-electron chi connectivity index (χ2n) is 10.2. The van der Waals surface area contributed by atoms with Crippen molar-refractivity contribution >= 4 is 11.6 Å². The predicted molar refractivity (Wildman–Crippen MR) is 145 cm³/mol. The maximum atomic E-state index is 13.9. The summed E-state index contributed by atoms with van der Waals surface area (Å²) >= 11 is 0. The van der Waals surface area contributed by atoms with E-state index < -0.39 is 5.54 Å². The third-order valence-electron chi connectivity index (χ3n) is 7.54. The van der Waals surface area contributed by atoms with Gasteiger partial charge in [-0.05, 0) is 68.4 Å². The Morgan fingerprint density at radius 2 is 1.95 bits per heavy atom. The van der Waals surface area contributed by atoms with Crippen LogP contribution in [0.1, 0.15) is 47.1 Å². The summed E-state index contributed by atoms with van der Waals surface area (Å²) in [5.41, 5.74) is 2.40. The van der Waals surface area contributed by atoms with Crippen molar-refractivity contribution in [3.8, 4) is 17.1 Å². The second kappa shape index (κ2) is 10.5. The molecule has 1 amide bonds. The quantitative estimate of drug-likeness (QED) is 0.343. The molecule has 2 aliphatic rings. The highest BCUT2D eigenvalue weighted by atomic mass is 19.1. The first-order chi connectivity index (χ1) is 19.0. The van der Waals surface area contributed by atoms with Crippen LogP contribution in [-0.2, 0) is 5.54 Å². The Morgan fingerprint density at radius 1 is 1.13 bits per heavy atom. The highest BCUT2D eigenvalue weighted by molar-refractivity contribution is 5.95. The van der Waals surface area contributed by atoms with E-state index in [-0.39, 0.29) is 17.8 Å². The van der Waals surface area contributed by atoms with Gasteiger partial charge in [-0.1, -0.05) is 6.07 Å². The zero-order chi connectivity index (χ0) is 26.8. The fourth-order valence-electron chi connectivity index (χ4n) is 5.30. The molecule has 6 rings (SSSR count). The highest BCUT2D eigenvalue weighted by Gasteiger charge is 2.39. The van der Waals surface area contributed by atoms with E-state index in [1.54, 1.807) is 24.5 Å². The van der Waals surface area contributed by atoms with Crippen molar-refractivity contribution in [2.24, 2.45) is 0 Å². The average molecular weight is 528 g/mol. The van der Waals surface area contributed by atoms with Crippen LogP contribution in [0.5, 0.6) is 5.75 Å². The van der Waals surface area contributed by atoms with Crippen LogP contribution < -0.4 is 15.4 Å². The van der Waals surface area contributed by atoms with Crippen LogP contribution in [0.2, 0.25) is 0 Å². The molecule has 9 nitrogen and oxygen atoms in total. The lowest BCUT2D eigenvalue weighted by atomic mass is 9.86. The molecule has 39 heavy (non-hydrogen) atoms. The Balaban J connectivity index is 1.24. The van der Waals surface area contributed by atoms with Crippen LogP contribution in [0.25, 0.3) is 11.4 Å². The Morgan fingerprint density at radius 3 is 2.77 bits per heavy atom. The number of nitrogens with zero attached hydrogens (tertiary/aromatic N) is 4. The van der Waals surface area contributed by atoms with Crippen molar-refractivity contribution in [3.05, 3.63) is 89.8 Å². The number of carbonyl (C=O) groups is 1. The number of nitrogens with one attached hydrogen (secondary N) is 3. The number of benzene rings is 2. The van der Waals surface area contributed by atoms with Gasteiger partial charge < -0.3 is 20.3 Å². The van der Waals surface area contributed by atoms with Crippen molar-refractivity contribution in [1.29, 1.82) is 0 Å². The van der Waals surface area contributed by atoms with E-state index in [1.807, 2.05) is 30.3 Å². The van der Waals surface area contributed by atoms with Gasteiger partial charge >= 0.3 is 0 Å². The van der Waals surface area contributed by atoms with E-state index in [4.69, 9.17) is 9.72 Å². The van der Waals surface area contributed by atoms with Gasteiger partial charge in [0.25, 0.3) is 5.91 Å². The van der Waals surface area contributed by atoms with E-state index in [2.05, 4.69) is 37.8 Å². The molecule has 2 aromatic carbocycles. The molecule has 4 aromatic rings. The Labute approximate surface area is 225 Å². The van der Waals surface area contributed by atoms with Crippen molar-refractivity contribution in [2.75, 3.05) is 32.1 Å². The lowest BCUT2D eigenvalue weighted by molar-refractivity contribution is 0.0924. The van der Waals surface area contributed by atoms with Gasteiger partial charge in [0.2, 0.25) is 0 Å². The van der Waals surface area contributed by atoms with E-state index in [9.17, 15) is 9.18 Å². The number of aromatic amines is 1. The number of likely N-dealkylation sites (tertiary alicyclic amines) is 1. The minimum atomic E-state index is -0.475. The SMILES string of the molecule is CN1CCC(Nc2cccc(C(=O)N[C@@H]3CCOc4ccc(F)cc43)c2)(c2nc(-c3ccncc3)n[nH]2)CC1. The van der Waals surface area contributed by atoms with Gasteiger partial charge in [-0.3, -0.25) is 14.9 Å². The largest absolute Gasteiger partial charge is 0.493 e. The van der Waals surface area contributed by atoms with Crippen molar-refractivity contribution < 1.29 is 13.9 Å². The van der Waals surface area contributed by atoms with E-state index in [1.165, 1.54) is 12.1 Å². The topological polar surface area (TPSA) is 108 Å². The van der Waals surface area contributed by atoms with Gasteiger partial charge in [0.15, 0.2) is 11.6 Å². The molecular weight excluding hydrogens is 497 g/mol. The smallest absolute Gasteiger partial charge is 0.251 e. The minimum Gasteiger partial charge on any atom is -0.493 e. The van der Waals surface area contributed by atoms with Crippen LogP contribution >= 0.6 is 0 Å². The van der Waals surface area contributed by atoms with Crippen LogP contribution in [0, 0.1) is 5.82 Å². The molecule has 0 spiro atoms. The van der Waals surface area contributed by atoms with Gasteiger partial charge in [0, 0.05) is 54.3 Å². The molecule has 0 bridgehead atoms. The molecule has 0 radical (unpaired) electrons. The number of rotatable bonds is 6. The van der Waals surface area contributed by atoms with Gasteiger partial charge in [-0.25, -0.2) is 9.37 Å². The number of carbonyl (C=O) groups excluding carboxylic acids is 1. The number of ether oxygens (including phenoxy) is 1. The maximum Gasteiger partial charge on any atom is 0.251 e. The molecule has 10 heteroatoms. The van der Waals surface area contributed by atoms with E-state index in [0.717, 1.165) is 43.0 Å². The van der Waals surface area contributed by atoms with Gasteiger partial charge in [-0.15, -0.1) is 0 Å². The van der Waals surface area contributed by atoms with Crippen LogP contribution in [0.15, 0.2) is 67.0 Å². The summed E-state index contributed by atoms with van der Waals surface area (Å²) in [6.45, 7) is 2.23. The van der Waals surface area contributed by atoms with Crippen LogP contribution in [-0.4, -0.2) is 57.7 Å². The normalized spacial score (nSPS) is 18.6. The van der Waals surface area contributed by atoms with Crippen molar-refractivity contribution in [3.63, 3.8) is 0 Å². The molecule has 4 heterocycles. The molecule has 3 N–H and O–H groups in total. The van der Waals surface area contributed by atoms with E-state index in [0.29, 0.717) is 35.7 Å². The Bertz CT molecular complexity index is 1470. The fraction of sp³-hybridized carbons (Fsp3) is 0.310. The zero-order valence-corrected chi connectivity index (χ0v) is 21.7. The number of fused-ring (bicyclic) bond motifs is 1. The number of pyridine rings is 1. The lowest BCUT2D eigenvalue weighted by Crippen LogP contribution is -2.46. The second-order valence-corrected chi connectivity index (χ2v) is 10.2. The molecule has 1 atom stereocenters. The average Bonchev–Trinajstić information content (AvgIpc) is 3.47. The third-order valence-corrected chi connectivity index (χ3v) is 7.54. The van der Waals surface area contributed by atoms with Crippen LogP contribution in [0.3, 0.4) is 0 Å². The summed E-state index contributed by atoms with van der Waals surface area (Å²) in [6, 6.07) is 15.3. The molecule has 1 fully saturated rings. The number of hydrogen-bond donors (Lipinski definition) is 3. The first-order valence-corrected chi connectivity index (χ1v) is 13.1. The standard InChI is InChI=1S/C29H30FN7O2/c1-37-14-10-29(11-15-37,28-33-26(35-36-28)19-7-12-31-13-8-19)34-22-4-2-3-20(17-22)27(38)32-24-9-16-39-25-6-5-21(30)18-23(24)25/h2-8,12-13,17-18,24,34H,9-11,14-16H2,1H3,(H,32,38)(H,33,35,36)/t24-/m1/s1. The Hall–Kier alpha value is -4.31. The molecule has 2 aromatic heterocycles. The Kier molecular flexibility index (Phi) is 6.70. The zero-order valence-electron chi connectivity index (χ0n) is 21.7. The van der Waals surface area contributed by atoms with Crippen LogP contribution in [0.4, 0.5) is 10.1 Å². The number of aromatic nitrogens is 4. The lowest BCUT2D eigenvalue weighted by Gasteiger charge is -2.40. The summed E-state index contributed by atoms with van der Waals surface area (Å²) in [6.07, 6.45) is 5.65. The molecule has 200 valence electrons. The minimum absolute atomic E-state index is 0.224. The predicted octanol–water partition coefficient (Wildman–Crippen LogP) is 4.29. The molecule has 2 aliphatic heterocycles. The molecule has 1 saturated heterocycles. The number of H-pyrrole nitrogens is 1. The monoisotopic (exact) mass is 527 g/mol. The number of piperidine rings is 1. The van der Waals surface area contributed by atoms with Crippen molar-refractivity contribution in [2.45, 2.75) is 30.8 Å². The summed E-state index contributed by atoms with van der Waals surface area (Å²) in [5.74, 6) is 1.41. The fourth-order valence-corrected chi connectivity index (χ4v) is 5.30. The summed E-state index contributed by atoms with van der Waals surface area (Å²) in [7, 11) is 2.11. The van der Waals surface area contributed by atoms with E-state index >= 15 is 0 Å². The van der Waals surface area contributed by atoms with Gasteiger partial charge in [-0.2, -0.15) is 5.10 Å². The molecule has 0 aliphatic carbocycles. The number of anilines is 1. The highest BCUT2D eigenvalue weighted by Crippen LogP contribution is 2.36. The van der Waals surface area contributed by atoms with Crippen molar-refractivity contribution in [1.82, 2.24) is 30.4 Å². The molecule has 0 unspecified atom stereocenters. The summed E-state index contributed by atoms with van der Waals surface area (Å²) < 4.78 is 19.5. The summed E-state index contributed by atoms with van der Waals surface area (Å²) in [4.78, 5) is 24.5. The molecule has 0 saturated carbocycles. The first-order valence-electron chi connectivity index (χ1n) is 13.1. The third kappa shape index (κ3) is 5.20.